The molecule has 2 aromatic rings. The number of β-amino-alcohol motifs (C(OH)–C–C–N with tert-alkyl or cyclic N) is 1. The van der Waals surface area contributed by atoms with E-state index in [1.54, 1.807) is 14.2 Å². The number of aliphatic hydroxyl groups is 1. The monoisotopic (exact) mass is 419 g/mol. The Morgan fingerprint density at radius 3 is 2.62 bits per heavy atom. The molecule has 0 bridgehead atoms. The van der Waals surface area contributed by atoms with E-state index in [2.05, 4.69) is 16.8 Å². The quantitative estimate of drug-likeness (QED) is 0.776. The lowest BCUT2D eigenvalue weighted by Gasteiger charge is -2.41. The summed E-state index contributed by atoms with van der Waals surface area (Å²) in [5.41, 5.74) is 0.599. The van der Waals surface area contributed by atoms with E-state index in [9.17, 15) is 9.90 Å². The summed E-state index contributed by atoms with van der Waals surface area (Å²) in [5.74, 6) is 1.23. The van der Waals surface area contributed by atoms with Crippen LogP contribution in [-0.2, 0) is 0 Å². The van der Waals surface area contributed by atoms with Gasteiger partial charge in [-0.25, -0.2) is 4.98 Å². The lowest BCUT2D eigenvalue weighted by molar-refractivity contribution is -0.00154. The van der Waals surface area contributed by atoms with Crippen molar-refractivity contribution in [1.29, 1.82) is 0 Å². The Labute approximate surface area is 175 Å². The molecule has 0 radical (unpaired) electrons. The van der Waals surface area contributed by atoms with E-state index in [1.807, 2.05) is 42.3 Å². The first-order valence-electron chi connectivity index (χ1n) is 9.65. The molecule has 1 atom stereocenters. The minimum Gasteiger partial charge on any atom is -0.493 e. The topological polar surface area (TPSA) is 75.1 Å². The molecule has 158 valence electrons. The van der Waals surface area contributed by atoms with E-state index in [4.69, 9.17) is 9.47 Å². The fraction of sp³-hybridized carbons (Fsp3) is 0.524. The molecule has 2 heterocycles. The number of hydrogen-bond donors (Lipinski definition) is 1. The number of carbonyl (C=O) groups is 1. The van der Waals surface area contributed by atoms with Gasteiger partial charge in [-0.1, -0.05) is 0 Å². The second-order valence-electron chi connectivity index (χ2n) is 7.99. The molecule has 1 aliphatic heterocycles. The number of thiazole rings is 1. The standard InChI is InChI=1S/C21H29N3O4S/c1-14-11-23(8-9-24(14)13-21(2,3)26)20(25)16-12-29-19(22-16)15-6-7-17(27-4)18(10-15)28-5/h6-7,10,12,14,26H,8-9,11,13H2,1-5H3/t14-/m0/s1. The number of piperazine rings is 1. The Kier molecular flexibility index (Phi) is 6.45. The minimum absolute atomic E-state index is 0.0530. The van der Waals surface area contributed by atoms with Crippen LogP contribution in [0.25, 0.3) is 10.6 Å². The van der Waals surface area contributed by atoms with Gasteiger partial charge in [0.25, 0.3) is 5.91 Å². The van der Waals surface area contributed by atoms with Crippen LogP contribution in [0.1, 0.15) is 31.3 Å². The van der Waals surface area contributed by atoms with Gasteiger partial charge in [0, 0.05) is 43.2 Å². The lowest BCUT2D eigenvalue weighted by Crippen LogP contribution is -2.56. The van der Waals surface area contributed by atoms with E-state index in [-0.39, 0.29) is 11.9 Å². The smallest absolute Gasteiger partial charge is 0.273 e. The van der Waals surface area contributed by atoms with Crippen LogP contribution in [0.2, 0.25) is 0 Å². The highest BCUT2D eigenvalue weighted by molar-refractivity contribution is 7.13. The molecule has 1 aromatic carbocycles. The molecule has 0 spiro atoms. The summed E-state index contributed by atoms with van der Waals surface area (Å²) in [6, 6.07) is 5.79. The van der Waals surface area contributed by atoms with Gasteiger partial charge in [-0.05, 0) is 39.0 Å². The molecule has 1 aliphatic rings. The first-order valence-corrected chi connectivity index (χ1v) is 10.5. The first kappa shape index (κ1) is 21.5. The summed E-state index contributed by atoms with van der Waals surface area (Å²) in [4.78, 5) is 21.6. The maximum Gasteiger partial charge on any atom is 0.273 e. The molecule has 7 nitrogen and oxygen atoms in total. The van der Waals surface area contributed by atoms with Crippen molar-refractivity contribution < 1.29 is 19.4 Å². The molecule has 1 N–H and O–H groups in total. The van der Waals surface area contributed by atoms with Crippen molar-refractivity contribution in [3.8, 4) is 22.1 Å². The predicted molar refractivity (Wildman–Crippen MR) is 114 cm³/mol. The largest absolute Gasteiger partial charge is 0.493 e. The van der Waals surface area contributed by atoms with E-state index < -0.39 is 5.60 Å². The number of rotatable bonds is 6. The van der Waals surface area contributed by atoms with Crippen LogP contribution in [0, 0.1) is 0 Å². The average molecular weight is 420 g/mol. The number of hydrogen-bond acceptors (Lipinski definition) is 7. The van der Waals surface area contributed by atoms with Gasteiger partial charge in [-0.15, -0.1) is 11.3 Å². The zero-order chi connectivity index (χ0) is 21.2. The van der Waals surface area contributed by atoms with Gasteiger partial charge in [0.05, 0.1) is 19.8 Å². The Hall–Kier alpha value is -2.16. The molecule has 1 aromatic heterocycles. The third-order valence-electron chi connectivity index (χ3n) is 5.00. The molecule has 0 unspecified atom stereocenters. The van der Waals surface area contributed by atoms with E-state index >= 15 is 0 Å². The average Bonchev–Trinajstić information content (AvgIpc) is 3.17. The number of aromatic nitrogens is 1. The van der Waals surface area contributed by atoms with Crippen LogP contribution in [0.4, 0.5) is 0 Å². The zero-order valence-electron chi connectivity index (χ0n) is 17.6. The molecule has 0 aliphatic carbocycles. The van der Waals surface area contributed by atoms with Gasteiger partial charge in [-0.3, -0.25) is 9.69 Å². The number of carbonyl (C=O) groups excluding carboxylic acids is 1. The molecule has 1 amide bonds. The van der Waals surface area contributed by atoms with E-state index in [1.165, 1.54) is 11.3 Å². The summed E-state index contributed by atoms with van der Waals surface area (Å²) in [5, 5.41) is 12.6. The van der Waals surface area contributed by atoms with Crippen molar-refractivity contribution in [3.63, 3.8) is 0 Å². The summed E-state index contributed by atoms with van der Waals surface area (Å²) < 4.78 is 10.6. The summed E-state index contributed by atoms with van der Waals surface area (Å²) in [7, 11) is 3.19. The molecular weight excluding hydrogens is 390 g/mol. The van der Waals surface area contributed by atoms with Gasteiger partial charge < -0.3 is 19.5 Å². The van der Waals surface area contributed by atoms with Crippen molar-refractivity contribution in [2.24, 2.45) is 0 Å². The second-order valence-corrected chi connectivity index (χ2v) is 8.85. The molecule has 1 fully saturated rings. The lowest BCUT2D eigenvalue weighted by atomic mass is 10.1. The van der Waals surface area contributed by atoms with Crippen LogP contribution < -0.4 is 9.47 Å². The van der Waals surface area contributed by atoms with Gasteiger partial charge in [0.2, 0.25) is 0 Å². The highest BCUT2D eigenvalue weighted by Gasteiger charge is 2.31. The summed E-state index contributed by atoms with van der Waals surface area (Å²) in [6.45, 7) is 8.28. The third-order valence-corrected chi connectivity index (χ3v) is 5.89. The fourth-order valence-corrected chi connectivity index (χ4v) is 4.34. The van der Waals surface area contributed by atoms with E-state index in [0.717, 1.165) is 17.1 Å². The maximum absolute atomic E-state index is 13.0. The Morgan fingerprint density at radius 2 is 2.00 bits per heavy atom. The van der Waals surface area contributed by atoms with Crippen molar-refractivity contribution in [2.75, 3.05) is 40.4 Å². The van der Waals surface area contributed by atoms with Crippen LogP contribution in [0.3, 0.4) is 0 Å². The highest BCUT2D eigenvalue weighted by Crippen LogP contribution is 2.33. The first-order chi connectivity index (χ1) is 13.7. The number of benzene rings is 1. The summed E-state index contributed by atoms with van der Waals surface area (Å²) >= 11 is 1.44. The minimum atomic E-state index is -0.746. The van der Waals surface area contributed by atoms with Gasteiger partial charge >= 0.3 is 0 Å². The van der Waals surface area contributed by atoms with Gasteiger partial charge in [-0.2, -0.15) is 0 Å². The van der Waals surface area contributed by atoms with Crippen LogP contribution in [-0.4, -0.2) is 77.8 Å². The Bertz CT molecular complexity index is 862. The molecule has 3 rings (SSSR count). The number of ether oxygens (including phenoxy) is 2. The molecule has 29 heavy (non-hydrogen) atoms. The number of methoxy groups -OCH3 is 2. The van der Waals surface area contributed by atoms with Crippen molar-refractivity contribution in [2.45, 2.75) is 32.4 Å². The fourth-order valence-electron chi connectivity index (χ4n) is 3.55. The second kappa shape index (κ2) is 8.69. The third kappa shape index (κ3) is 5.07. The van der Waals surface area contributed by atoms with Crippen molar-refractivity contribution in [3.05, 3.63) is 29.3 Å². The van der Waals surface area contributed by atoms with Crippen LogP contribution in [0.5, 0.6) is 11.5 Å². The molecule has 0 saturated carbocycles. The number of amides is 1. The normalized spacial score (nSPS) is 18.0. The van der Waals surface area contributed by atoms with Crippen LogP contribution in [0.15, 0.2) is 23.6 Å². The molecule has 8 heteroatoms. The van der Waals surface area contributed by atoms with Crippen molar-refractivity contribution >= 4 is 17.2 Å². The number of nitrogens with zero attached hydrogens (tertiary/aromatic N) is 3. The van der Waals surface area contributed by atoms with Gasteiger partial charge in [0.15, 0.2) is 11.5 Å². The highest BCUT2D eigenvalue weighted by atomic mass is 32.1. The summed E-state index contributed by atoms with van der Waals surface area (Å²) in [6.07, 6.45) is 0. The Balaban J connectivity index is 1.70. The van der Waals surface area contributed by atoms with E-state index in [0.29, 0.717) is 36.8 Å². The molecular formula is C21H29N3O4S. The van der Waals surface area contributed by atoms with Crippen LogP contribution >= 0.6 is 11.3 Å². The van der Waals surface area contributed by atoms with Gasteiger partial charge in [0.1, 0.15) is 10.7 Å². The Morgan fingerprint density at radius 1 is 1.28 bits per heavy atom. The predicted octanol–water partition coefficient (Wildman–Crippen LogP) is 2.74. The maximum atomic E-state index is 13.0. The molecule has 1 saturated heterocycles. The van der Waals surface area contributed by atoms with Crippen molar-refractivity contribution in [1.82, 2.24) is 14.8 Å². The zero-order valence-corrected chi connectivity index (χ0v) is 18.5. The SMILES string of the molecule is COc1ccc(-c2nc(C(=O)N3CCN(CC(C)(C)O)[C@@H](C)C3)cs2)cc1OC.